The van der Waals surface area contributed by atoms with E-state index in [0.717, 1.165) is 31.0 Å². The Balaban J connectivity index is 1.30. The molecule has 17 amide bonds. The van der Waals surface area contributed by atoms with E-state index in [1.54, 1.807) is 91.1 Å². The molecule has 5 aromatic rings. The minimum atomic E-state index is -2.03. The third-order valence-electron chi connectivity index (χ3n) is 19.5. The number of nitrogens with two attached hydrogens (primary N) is 6. The van der Waals surface area contributed by atoms with Gasteiger partial charge >= 0.3 is 5.97 Å². The summed E-state index contributed by atoms with van der Waals surface area (Å²) in [5.41, 5.74) is 32.7. The molecule has 2 fully saturated rings. The predicted molar refractivity (Wildman–Crippen MR) is 428 cm³/mol. The third kappa shape index (κ3) is 29.1. The van der Waals surface area contributed by atoms with Gasteiger partial charge in [-0.1, -0.05) is 72.8 Å². The first-order valence-electron chi connectivity index (χ1n) is 38.2. The zero-order chi connectivity index (χ0) is 87.2. The van der Waals surface area contributed by atoms with Crippen LogP contribution in [0.25, 0.3) is 21.7 Å². The average molecular weight is 1680 g/mol. The summed E-state index contributed by atoms with van der Waals surface area (Å²) in [6.45, 7) is 2.51. The minimum absolute atomic E-state index is 0.0220. The Labute approximate surface area is 685 Å². The van der Waals surface area contributed by atoms with Gasteiger partial charge in [0.2, 0.25) is 100 Å². The maximum absolute atomic E-state index is 15.7. The maximum Gasteiger partial charge on any atom is 0.303 e. The molecule has 28 N–H and O–H groups in total. The van der Waals surface area contributed by atoms with Gasteiger partial charge in [-0.3, -0.25) is 86.3 Å². The van der Waals surface area contributed by atoms with Crippen molar-refractivity contribution in [2.45, 2.75) is 182 Å². The number of carboxylic acids is 1. The smallest absolute Gasteiger partial charge is 0.303 e. The fraction of sp³-hybridized carbons (Fsp3) is 0.455. The highest BCUT2D eigenvalue weighted by atomic mass is 32.2. The number of hydrogen-bond acceptors (Lipinski definition) is 23. The number of H-pyrrole nitrogens is 1. The van der Waals surface area contributed by atoms with Gasteiger partial charge < -0.3 is 123 Å². The van der Waals surface area contributed by atoms with Crippen LogP contribution in [0.2, 0.25) is 0 Å². The number of para-hydroxylation sites is 1. The van der Waals surface area contributed by atoms with E-state index in [2.05, 4.69) is 74.1 Å². The third-order valence-corrected chi connectivity index (χ3v) is 20.6. The molecule has 119 heavy (non-hydrogen) atoms. The molecule has 0 unspecified atom stereocenters. The summed E-state index contributed by atoms with van der Waals surface area (Å²) in [7, 11) is 0. The van der Waals surface area contributed by atoms with E-state index in [9.17, 15) is 67.7 Å². The van der Waals surface area contributed by atoms with Gasteiger partial charge in [0, 0.05) is 74.8 Å². The number of ether oxygens (including phenoxy) is 1. The van der Waals surface area contributed by atoms with E-state index in [0.29, 0.717) is 38.7 Å². The van der Waals surface area contributed by atoms with Gasteiger partial charge in [0.05, 0.1) is 18.9 Å². The van der Waals surface area contributed by atoms with E-state index < -0.39 is 248 Å². The maximum atomic E-state index is 15.7. The summed E-state index contributed by atoms with van der Waals surface area (Å²) >= 11 is 0.909. The predicted octanol–water partition coefficient (Wildman–Crippen LogP) is -6.57. The van der Waals surface area contributed by atoms with Gasteiger partial charge in [0.25, 0.3) is 0 Å². The summed E-state index contributed by atoms with van der Waals surface area (Å²) in [6, 6.07) is 5.99. The normalized spacial score (nSPS) is 19.6. The number of primary amides is 5. The molecule has 2 saturated heterocycles. The second-order valence-corrected chi connectivity index (χ2v) is 30.0. The van der Waals surface area contributed by atoms with Crippen molar-refractivity contribution < 1.29 is 101 Å². The minimum Gasteiger partial charge on any atom is -0.492 e. The van der Waals surface area contributed by atoms with Crippen molar-refractivity contribution in [2.24, 2.45) is 34.4 Å². The monoisotopic (exact) mass is 1670 g/mol. The summed E-state index contributed by atoms with van der Waals surface area (Å²) in [4.78, 5) is 252. The molecule has 4 aromatic carbocycles. The van der Waals surface area contributed by atoms with Gasteiger partial charge in [0.1, 0.15) is 84.4 Å². The van der Waals surface area contributed by atoms with Crippen LogP contribution in [0.5, 0.6) is 5.75 Å². The zero-order valence-corrected chi connectivity index (χ0v) is 66.1. The quantitative estimate of drug-likeness (QED) is 0.0176. The summed E-state index contributed by atoms with van der Waals surface area (Å²) in [6.07, 6.45) is -7.36. The highest BCUT2D eigenvalue weighted by Crippen LogP contribution is 2.25. The number of aromatic nitrogens is 1. The lowest BCUT2D eigenvalue weighted by atomic mass is 9.86. The molecule has 0 bridgehead atoms. The van der Waals surface area contributed by atoms with Gasteiger partial charge in [-0.15, -0.1) is 0 Å². The molecular formula is C77H102N20O21S. The second-order valence-electron chi connectivity index (χ2n) is 28.8. The lowest BCUT2D eigenvalue weighted by Crippen LogP contribution is -2.68. The fourth-order valence-electron chi connectivity index (χ4n) is 13.2. The van der Waals surface area contributed by atoms with Gasteiger partial charge in [-0.2, -0.15) is 11.8 Å². The molecular weight excluding hydrogens is 1570 g/mol. The number of carbonyl (C=O) groups excluding carboxylic acids is 17. The number of nitrogens with one attached hydrogen (secondary N) is 14. The van der Waals surface area contributed by atoms with Crippen molar-refractivity contribution in [2.75, 3.05) is 37.7 Å². The van der Waals surface area contributed by atoms with Crippen LogP contribution in [0.15, 0.2) is 97.2 Å². The van der Waals surface area contributed by atoms with E-state index in [1.807, 2.05) is 6.07 Å². The largest absolute Gasteiger partial charge is 0.492 e. The molecule has 0 spiro atoms. The fourth-order valence-corrected chi connectivity index (χ4v) is 14.2. The Bertz CT molecular complexity index is 4560. The number of benzene rings is 4. The Morgan fingerprint density at radius 2 is 1.14 bits per heavy atom. The lowest BCUT2D eigenvalue weighted by molar-refractivity contribution is -0.140. The number of aliphatic hydroxyl groups is 1. The number of hydrogen-bond donors (Lipinski definition) is 22. The standard InChI is InChI=1S/C77H102N20O21S/c1-39(98)64-75(116)93-56(34-45-37-85-48-10-6-5-9-47(45)48)71(112)88-49(17-20-59(79)100)66(107)94-58(38-119-30-23-52(86-40(2)99)68(109)87-50(69(110)96-64)18-21-60(80)101)73(114)90-54(32-41-12-15-46(16-13-41)118-29-26-78)70(111)91-55(33-42-11-14-43-7-3-4-8-44(43)31-42)74(115)97-77(24-27-84-28-25-77)76(117)95-51(19-22-63(104)105)67(108)92-57(36-62(82)103)72(113)89-53(65(83)106)35-61(81)102/h3-16,31,37,39,49-58,64,84-85,98H,17-30,32-36,38,78H2,1-2H3,(H2,79,100)(H2,80,101)(H2,81,102)(H2,82,103)(H2,83,106)(H,86,99)(H,87,109)(H,88,112)(H,89,113)(H,90,114)(H,91,111)(H,92,108)(H,93,116)(H,94,107)(H,95,117)(H,96,110)(H,97,115)(H,104,105)/t39-,49+,50+,51+,52+,53+,54+,55+,56+,57+,58+,64+/m1/s1. The Hall–Kier alpha value is -12.8. The molecule has 7 rings (SSSR count). The molecule has 1 aromatic heterocycles. The van der Waals surface area contributed by atoms with Crippen LogP contribution in [0.4, 0.5) is 0 Å². The number of amides is 17. The first-order chi connectivity index (χ1) is 56.5. The SMILES string of the molecule is CC(=O)N[C@H]1CCSC[C@@H](C(=O)N[C@@H](Cc2ccc(OCCN)cc2)C(=O)N[C@@H](Cc2ccc3ccccc3c2)C(=O)NC2(C(=O)N[C@@H](CCC(=O)O)C(=O)N[C@@H](CC(N)=O)C(=O)N[C@@H](CC(N)=O)C(N)=O)CCNCC2)NC(=O)[C@H](CCC(N)=O)NC(=O)[C@H](Cc2c[nH]c3ccccc23)NC(=O)[C@H]([C@@H](C)O)NC(=O)[C@H](CCC(N)=O)NC1=O. The Morgan fingerprint density at radius 3 is 1.76 bits per heavy atom. The van der Waals surface area contributed by atoms with Crippen LogP contribution in [0.1, 0.15) is 101 Å². The van der Waals surface area contributed by atoms with Crippen LogP contribution in [-0.2, 0) is 106 Å². The average Bonchev–Trinajstić information content (AvgIpc) is 1.32. The van der Waals surface area contributed by atoms with Crippen LogP contribution in [-0.4, -0.2) is 237 Å². The number of piperidine rings is 1. The molecule has 0 saturated carbocycles. The van der Waals surface area contributed by atoms with Crippen molar-refractivity contribution in [1.82, 2.24) is 74.1 Å². The summed E-state index contributed by atoms with van der Waals surface area (Å²) < 4.78 is 5.71. The number of carbonyl (C=O) groups is 18. The van der Waals surface area contributed by atoms with Crippen molar-refractivity contribution in [3.05, 3.63) is 114 Å². The Kier molecular flexibility index (Phi) is 35.3. The van der Waals surface area contributed by atoms with Crippen molar-refractivity contribution >= 4 is 140 Å². The van der Waals surface area contributed by atoms with Crippen molar-refractivity contribution in [1.29, 1.82) is 0 Å². The Morgan fingerprint density at radius 1 is 0.588 bits per heavy atom. The molecule has 0 aliphatic carbocycles. The highest BCUT2D eigenvalue weighted by molar-refractivity contribution is 7.99. The number of thioether (sulfide) groups is 1. The number of aliphatic carboxylic acids is 1. The number of carboxylic acid groups (broad SMARTS) is 1. The highest BCUT2D eigenvalue weighted by Gasteiger charge is 2.45. The van der Waals surface area contributed by atoms with Crippen LogP contribution < -0.4 is 108 Å². The molecule has 2 aliphatic heterocycles. The summed E-state index contributed by atoms with van der Waals surface area (Å²) in [5, 5.41) is 56.3. The lowest BCUT2D eigenvalue weighted by Gasteiger charge is -2.39. The van der Waals surface area contributed by atoms with Crippen LogP contribution in [0.3, 0.4) is 0 Å². The van der Waals surface area contributed by atoms with Crippen molar-refractivity contribution in [3.63, 3.8) is 0 Å². The summed E-state index contributed by atoms with van der Waals surface area (Å²) in [5.74, 6) is -20.2. The first kappa shape index (κ1) is 93.3. The number of rotatable bonds is 37. The van der Waals surface area contributed by atoms with E-state index in [-0.39, 0.29) is 64.1 Å². The first-order valence-corrected chi connectivity index (χ1v) is 39.4. The van der Waals surface area contributed by atoms with E-state index >= 15 is 28.8 Å². The van der Waals surface area contributed by atoms with Gasteiger partial charge in [0.15, 0.2) is 0 Å². The van der Waals surface area contributed by atoms with Gasteiger partial charge in [-0.05, 0) is 110 Å². The van der Waals surface area contributed by atoms with Crippen LogP contribution in [0, 0.1) is 0 Å². The number of aliphatic hydroxyl groups excluding tert-OH is 1. The molecule has 2 aliphatic rings. The molecule has 12 atom stereocenters. The number of aromatic amines is 1. The van der Waals surface area contributed by atoms with Gasteiger partial charge in [-0.25, -0.2) is 0 Å². The molecule has 3 heterocycles. The molecule has 0 radical (unpaired) electrons. The molecule has 41 nitrogen and oxygen atoms in total. The van der Waals surface area contributed by atoms with E-state index in [1.165, 1.54) is 0 Å². The van der Waals surface area contributed by atoms with E-state index in [4.69, 9.17) is 39.1 Å². The zero-order valence-electron chi connectivity index (χ0n) is 65.3. The topological polar surface area (TPSA) is 685 Å². The van der Waals surface area contributed by atoms with Crippen molar-refractivity contribution in [3.8, 4) is 5.75 Å². The van der Waals surface area contributed by atoms with Crippen LogP contribution >= 0.6 is 11.8 Å². The number of fused-ring (bicyclic) bond motifs is 2. The molecule has 642 valence electrons. The second kappa shape index (κ2) is 45.0. The molecule has 42 heteroatoms.